The molecule has 0 saturated heterocycles. The van der Waals surface area contributed by atoms with Crippen LogP contribution in [-0.2, 0) is 17.1 Å². The maximum absolute atomic E-state index is 14.8. The van der Waals surface area contributed by atoms with Crippen molar-refractivity contribution in [2.45, 2.75) is 19.3 Å². The summed E-state index contributed by atoms with van der Waals surface area (Å²) in [5.41, 5.74) is 2.56. The van der Waals surface area contributed by atoms with Gasteiger partial charge in [-0.15, -0.1) is 0 Å². The van der Waals surface area contributed by atoms with Crippen molar-refractivity contribution in [2.24, 2.45) is 16.6 Å². The molecule has 1 amide bonds. The summed E-state index contributed by atoms with van der Waals surface area (Å²) < 4.78 is 93.3. The van der Waals surface area contributed by atoms with E-state index in [9.17, 15) is 35.5 Å². The SMILES string of the molecule is CC(/C=N\C(=N)c1cc(C(F)(F)F)cc(C(F)(F)F)c1)/C=C(/C(N)=O)c1ccc(-c2ccccc2)c(F)c1. The van der Waals surface area contributed by atoms with Crippen LogP contribution in [0.2, 0.25) is 0 Å². The lowest BCUT2D eigenvalue weighted by molar-refractivity contribution is -0.143. The lowest BCUT2D eigenvalue weighted by Gasteiger charge is -2.13. The average molecular weight is 535 g/mol. The highest BCUT2D eigenvalue weighted by molar-refractivity contribution is 6.19. The summed E-state index contributed by atoms with van der Waals surface area (Å²) in [5.74, 6) is -3.14. The predicted molar refractivity (Wildman–Crippen MR) is 130 cm³/mol. The Morgan fingerprint density at radius 3 is 1.97 bits per heavy atom. The molecule has 198 valence electrons. The van der Waals surface area contributed by atoms with Gasteiger partial charge in [-0.05, 0) is 35.4 Å². The smallest absolute Gasteiger partial charge is 0.366 e. The summed E-state index contributed by atoms with van der Waals surface area (Å²) >= 11 is 0. The van der Waals surface area contributed by atoms with Gasteiger partial charge >= 0.3 is 12.4 Å². The van der Waals surface area contributed by atoms with Crippen molar-refractivity contribution in [3.8, 4) is 11.1 Å². The Kier molecular flexibility index (Phi) is 8.19. The number of primary amides is 1. The van der Waals surface area contributed by atoms with Crippen molar-refractivity contribution in [3.05, 3.63) is 101 Å². The molecule has 3 aromatic rings. The van der Waals surface area contributed by atoms with Gasteiger partial charge in [0.15, 0.2) is 5.84 Å². The first-order valence-corrected chi connectivity index (χ1v) is 11.0. The van der Waals surface area contributed by atoms with Gasteiger partial charge in [-0.2, -0.15) is 26.3 Å². The molecule has 0 aliphatic heterocycles. The van der Waals surface area contributed by atoms with Gasteiger partial charge < -0.3 is 5.73 Å². The second-order valence-electron chi connectivity index (χ2n) is 8.29. The Labute approximate surface area is 212 Å². The van der Waals surface area contributed by atoms with Gasteiger partial charge in [0.25, 0.3) is 0 Å². The van der Waals surface area contributed by atoms with Crippen molar-refractivity contribution < 1.29 is 35.5 Å². The summed E-state index contributed by atoms with van der Waals surface area (Å²) in [6.45, 7) is 1.49. The van der Waals surface area contributed by atoms with Gasteiger partial charge in [-0.3, -0.25) is 10.2 Å². The Hall–Kier alpha value is -4.28. The van der Waals surface area contributed by atoms with Gasteiger partial charge in [-0.1, -0.05) is 55.5 Å². The molecule has 11 heteroatoms. The Balaban J connectivity index is 1.89. The fourth-order valence-corrected chi connectivity index (χ4v) is 3.52. The van der Waals surface area contributed by atoms with E-state index in [-0.39, 0.29) is 17.2 Å². The molecule has 3 rings (SSSR count). The summed E-state index contributed by atoms with van der Waals surface area (Å²) in [5, 5.41) is 7.90. The van der Waals surface area contributed by atoms with Crippen LogP contribution in [0.15, 0.2) is 77.8 Å². The molecule has 38 heavy (non-hydrogen) atoms. The number of amidine groups is 1. The quantitative estimate of drug-likeness (QED) is 0.150. The minimum Gasteiger partial charge on any atom is -0.366 e. The first-order valence-electron chi connectivity index (χ1n) is 11.0. The monoisotopic (exact) mass is 535 g/mol. The second-order valence-corrected chi connectivity index (χ2v) is 8.29. The molecule has 0 bridgehead atoms. The lowest BCUT2D eigenvalue weighted by atomic mass is 9.97. The summed E-state index contributed by atoms with van der Waals surface area (Å²) in [6, 6.07) is 13.5. The average Bonchev–Trinajstić information content (AvgIpc) is 2.84. The van der Waals surface area contributed by atoms with Gasteiger partial charge in [-0.25, -0.2) is 9.38 Å². The normalized spacial score (nSPS) is 13.5. The number of nitrogens with two attached hydrogens (primary N) is 1. The molecule has 1 unspecified atom stereocenters. The number of alkyl halides is 6. The van der Waals surface area contributed by atoms with Crippen LogP contribution in [-0.4, -0.2) is 18.0 Å². The van der Waals surface area contributed by atoms with Crippen LogP contribution >= 0.6 is 0 Å². The molecule has 0 spiro atoms. The summed E-state index contributed by atoms with van der Waals surface area (Å²) in [6.07, 6.45) is -7.80. The molecule has 0 aliphatic rings. The van der Waals surface area contributed by atoms with Crippen LogP contribution in [0.1, 0.15) is 29.2 Å². The standard InChI is InChI=1S/C27H20F7N3O/c1-15(14-37-24(35)18-10-19(26(29,30)31)13-20(11-18)27(32,33)34)9-22(25(36)38)17-7-8-21(23(28)12-17)16-5-3-2-4-6-16/h2-15,35H,1H3,(H2,36,38)/b22-9+,35-24?,37-14-. The van der Waals surface area contributed by atoms with E-state index in [0.717, 1.165) is 12.3 Å². The number of allylic oxidation sites excluding steroid dienone is 1. The third-order valence-electron chi connectivity index (χ3n) is 5.36. The van der Waals surface area contributed by atoms with Gasteiger partial charge in [0, 0.05) is 28.8 Å². The molecule has 3 N–H and O–H groups in total. The van der Waals surface area contributed by atoms with E-state index in [1.165, 1.54) is 25.1 Å². The number of hydrogen-bond acceptors (Lipinski definition) is 2. The number of carbonyl (C=O) groups is 1. The minimum atomic E-state index is -5.07. The van der Waals surface area contributed by atoms with Gasteiger partial charge in [0.05, 0.1) is 11.1 Å². The molecule has 0 aromatic heterocycles. The topological polar surface area (TPSA) is 79.3 Å². The number of hydrogen-bond donors (Lipinski definition) is 2. The van der Waals surface area contributed by atoms with Crippen LogP contribution in [0.25, 0.3) is 16.7 Å². The second kappa shape index (κ2) is 11.0. The van der Waals surface area contributed by atoms with E-state index in [4.69, 9.17) is 11.1 Å². The van der Waals surface area contributed by atoms with Gasteiger partial charge in [0.1, 0.15) is 5.82 Å². The highest BCUT2D eigenvalue weighted by Gasteiger charge is 2.37. The van der Waals surface area contributed by atoms with Gasteiger partial charge in [0.2, 0.25) is 5.91 Å². The molecule has 0 fully saturated rings. The summed E-state index contributed by atoms with van der Waals surface area (Å²) in [7, 11) is 0. The lowest BCUT2D eigenvalue weighted by Crippen LogP contribution is -2.15. The van der Waals surface area contributed by atoms with E-state index in [2.05, 4.69) is 4.99 Å². The Bertz CT molecular complexity index is 1380. The van der Waals surface area contributed by atoms with Crippen LogP contribution in [0.5, 0.6) is 0 Å². The number of benzene rings is 3. The van der Waals surface area contributed by atoms with Crippen molar-refractivity contribution in [3.63, 3.8) is 0 Å². The molecule has 4 nitrogen and oxygen atoms in total. The number of carbonyl (C=O) groups excluding carboxylic acids is 1. The zero-order chi connectivity index (χ0) is 28.3. The van der Waals surface area contributed by atoms with E-state index in [1.54, 1.807) is 30.3 Å². The molecule has 3 aromatic carbocycles. The molecule has 0 radical (unpaired) electrons. The van der Waals surface area contributed by atoms with E-state index < -0.39 is 52.5 Å². The number of nitrogens with one attached hydrogen (secondary N) is 1. The van der Waals surface area contributed by atoms with E-state index in [1.807, 2.05) is 0 Å². The minimum absolute atomic E-state index is 0.0484. The van der Waals surface area contributed by atoms with Crippen LogP contribution in [0, 0.1) is 17.1 Å². The van der Waals surface area contributed by atoms with E-state index >= 15 is 0 Å². The number of nitrogens with zero attached hydrogens (tertiary/aromatic N) is 1. The fourth-order valence-electron chi connectivity index (χ4n) is 3.52. The third-order valence-corrected chi connectivity index (χ3v) is 5.36. The molecular weight excluding hydrogens is 515 g/mol. The summed E-state index contributed by atoms with van der Waals surface area (Å²) in [4.78, 5) is 15.7. The third kappa shape index (κ3) is 6.93. The van der Waals surface area contributed by atoms with Crippen LogP contribution in [0.4, 0.5) is 30.7 Å². The fraction of sp³-hybridized carbons (Fsp3) is 0.148. The number of amides is 1. The molecule has 1 atom stereocenters. The Morgan fingerprint density at radius 1 is 0.895 bits per heavy atom. The van der Waals surface area contributed by atoms with Crippen LogP contribution < -0.4 is 5.73 Å². The first kappa shape index (κ1) is 28.3. The predicted octanol–water partition coefficient (Wildman–Crippen LogP) is 7.13. The van der Waals surface area contributed by atoms with E-state index in [0.29, 0.717) is 23.3 Å². The number of rotatable bonds is 6. The van der Waals surface area contributed by atoms with Crippen molar-refractivity contribution in [2.75, 3.05) is 0 Å². The molecule has 0 aliphatic carbocycles. The number of halogens is 7. The van der Waals surface area contributed by atoms with Crippen molar-refractivity contribution in [1.29, 1.82) is 5.41 Å². The largest absolute Gasteiger partial charge is 0.416 e. The first-order chi connectivity index (χ1) is 17.7. The Morgan fingerprint density at radius 2 is 1.47 bits per heavy atom. The maximum atomic E-state index is 14.8. The number of aliphatic imine (C=N–C) groups is 1. The highest BCUT2D eigenvalue weighted by atomic mass is 19.4. The highest BCUT2D eigenvalue weighted by Crippen LogP contribution is 2.36. The molecule has 0 saturated carbocycles. The zero-order valence-electron chi connectivity index (χ0n) is 19.7. The van der Waals surface area contributed by atoms with Crippen molar-refractivity contribution in [1.82, 2.24) is 0 Å². The molecular formula is C27H20F7N3O. The van der Waals surface area contributed by atoms with Crippen LogP contribution in [0.3, 0.4) is 0 Å². The maximum Gasteiger partial charge on any atom is 0.416 e. The zero-order valence-corrected chi connectivity index (χ0v) is 19.7. The molecule has 0 heterocycles. The van der Waals surface area contributed by atoms with Crippen molar-refractivity contribution >= 4 is 23.5 Å².